The Morgan fingerprint density at radius 1 is 1.06 bits per heavy atom. The van der Waals surface area contributed by atoms with Crippen LogP contribution in [0.2, 0.25) is 0 Å². The van der Waals surface area contributed by atoms with Crippen molar-refractivity contribution >= 4 is 27.3 Å². The van der Waals surface area contributed by atoms with E-state index in [-0.39, 0.29) is 0 Å². The van der Waals surface area contributed by atoms with Crippen LogP contribution in [0.5, 0.6) is 0 Å². The first-order chi connectivity index (χ1) is 8.78. The van der Waals surface area contributed by atoms with E-state index in [9.17, 15) is 0 Å². The van der Waals surface area contributed by atoms with Crippen molar-refractivity contribution in [2.45, 2.75) is 19.7 Å². The molecule has 0 amide bonds. The lowest BCUT2D eigenvalue weighted by Crippen LogP contribution is -2.11. The zero-order valence-corrected chi connectivity index (χ0v) is 12.7. The number of halogens is 1. The zero-order chi connectivity index (χ0) is 12.8. The molecular weight excluding hydrogens is 310 g/mol. The SMILES string of the molecule is COCc1ccc(CNCc2ccc(Br)s2)cc1. The summed E-state index contributed by atoms with van der Waals surface area (Å²) < 4.78 is 6.27. The van der Waals surface area contributed by atoms with Gasteiger partial charge in [-0.1, -0.05) is 24.3 Å². The van der Waals surface area contributed by atoms with Gasteiger partial charge in [0.25, 0.3) is 0 Å². The fraction of sp³-hybridized carbons (Fsp3) is 0.286. The van der Waals surface area contributed by atoms with Crippen LogP contribution in [0.3, 0.4) is 0 Å². The van der Waals surface area contributed by atoms with Gasteiger partial charge in [0.2, 0.25) is 0 Å². The number of benzene rings is 1. The highest BCUT2D eigenvalue weighted by molar-refractivity contribution is 9.11. The smallest absolute Gasteiger partial charge is 0.0713 e. The molecule has 0 radical (unpaired) electrons. The second-order valence-electron chi connectivity index (χ2n) is 4.06. The summed E-state index contributed by atoms with van der Waals surface area (Å²) in [7, 11) is 1.72. The molecule has 0 saturated heterocycles. The molecule has 0 bridgehead atoms. The Kier molecular flexibility index (Phi) is 5.38. The van der Waals surface area contributed by atoms with E-state index in [1.807, 2.05) is 0 Å². The molecule has 1 aromatic heterocycles. The molecule has 0 spiro atoms. The van der Waals surface area contributed by atoms with Gasteiger partial charge >= 0.3 is 0 Å². The number of thiophene rings is 1. The Labute approximate surface area is 120 Å². The van der Waals surface area contributed by atoms with Crippen LogP contribution in [0.15, 0.2) is 40.2 Å². The number of hydrogen-bond donors (Lipinski definition) is 1. The van der Waals surface area contributed by atoms with Crippen LogP contribution in [0.4, 0.5) is 0 Å². The Bertz CT molecular complexity index is 481. The summed E-state index contributed by atoms with van der Waals surface area (Å²) in [5.74, 6) is 0. The van der Waals surface area contributed by atoms with Crippen molar-refractivity contribution in [2.24, 2.45) is 0 Å². The van der Waals surface area contributed by atoms with E-state index in [4.69, 9.17) is 4.74 Å². The van der Waals surface area contributed by atoms with Crippen LogP contribution in [0.25, 0.3) is 0 Å². The van der Waals surface area contributed by atoms with Gasteiger partial charge in [-0.2, -0.15) is 0 Å². The maximum absolute atomic E-state index is 5.09. The fourth-order valence-electron chi connectivity index (χ4n) is 1.70. The van der Waals surface area contributed by atoms with E-state index >= 15 is 0 Å². The molecule has 2 nitrogen and oxygen atoms in total. The number of hydrogen-bond acceptors (Lipinski definition) is 3. The largest absolute Gasteiger partial charge is 0.380 e. The summed E-state index contributed by atoms with van der Waals surface area (Å²) in [5.41, 5.74) is 2.51. The number of methoxy groups -OCH3 is 1. The minimum atomic E-state index is 0.678. The molecule has 0 atom stereocenters. The van der Waals surface area contributed by atoms with Crippen molar-refractivity contribution in [2.75, 3.05) is 7.11 Å². The van der Waals surface area contributed by atoms with Gasteiger partial charge in [-0.05, 0) is 39.2 Å². The van der Waals surface area contributed by atoms with E-state index < -0.39 is 0 Å². The fourth-order valence-corrected chi connectivity index (χ4v) is 3.15. The van der Waals surface area contributed by atoms with Gasteiger partial charge in [0, 0.05) is 25.1 Å². The third-order valence-corrected chi connectivity index (χ3v) is 4.21. The maximum atomic E-state index is 5.09. The van der Waals surface area contributed by atoms with Crippen molar-refractivity contribution in [3.05, 3.63) is 56.2 Å². The van der Waals surface area contributed by atoms with Crippen LogP contribution < -0.4 is 5.32 Å². The predicted octanol–water partition coefficient (Wildman–Crippen LogP) is 3.95. The second-order valence-corrected chi connectivity index (χ2v) is 6.61. The Balaban J connectivity index is 1.79. The van der Waals surface area contributed by atoms with Gasteiger partial charge in [-0.15, -0.1) is 11.3 Å². The molecule has 1 heterocycles. The van der Waals surface area contributed by atoms with E-state index in [2.05, 4.69) is 57.6 Å². The van der Waals surface area contributed by atoms with Crippen LogP contribution >= 0.6 is 27.3 Å². The topological polar surface area (TPSA) is 21.3 Å². The van der Waals surface area contributed by atoms with Gasteiger partial charge in [0.05, 0.1) is 10.4 Å². The molecule has 0 aliphatic carbocycles. The van der Waals surface area contributed by atoms with Gasteiger partial charge in [-0.3, -0.25) is 0 Å². The third kappa shape index (κ3) is 4.21. The lowest BCUT2D eigenvalue weighted by molar-refractivity contribution is 0.185. The molecule has 0 saturated carbocycles. The zero-order valence-electron chi connectivity index (χ0n) is 10.3. The minimum absolute atomic E-state index is 0.678. The highest BCUT2D eigenvalue weighted by atomic mass is 79.9. The van der Waals surface area contributed by atoms with Gasteiger partial charge < -0.3 is 10.1 Å². The number of rotatable bonds is 6. The first-order valence-corrected chi connectivity index (χ1v) is 7.40. The average Bonchev–Trinajstić information content (AvgIpc) is 2.78. The molecule has 2 rings (SSSR count). The maximum Gasteiger partial charge on any atom is 0.0713 e. The molecule has 96 valence electrons. The average molecular weight is 326 g/mol. The first kappa shape index (κ1) is 13.7. The molecule has 1 aromatic carbocycles. The predicted molar refractivity (Wildman–Crippen MR) is 79.7 cm³/mol. The van der Waals surface area contributed by atoms with Crippen LogP contribution in [0.1, 0.15) is 16.0 Å². The highest BCUT2D eigenvalue weighted by Crippen LogP contribution is 2.21. The molecule has 18 heavy (non-hydrogen) atoms. The second kappa shape index (κ2) is 7.04. The summed E-state index contributed by atoms with van der Waals surface area (Å²) in [4.78, 5) is 1.35. The minimum Gasteiger partial charge on any atom is -0.380 e. The number of nitrogens with one attached hydrogen (secondary N) is 1. The Morgan fingerprint density at radius 2 is 1.78 bits per heavy atom. The molecule has 1 N–H and O–H groups in total. The Hall–Kier alpha value is -0.680. The molecule has 0 unspecified atom stereocenters. The molecular formula is C14H16BrNOS. The monoisotopic (exact) mass is 325 g/mol. The van der Waals surface area contributed by atoms with Crippen molar-refractivity contribution in [1.82, 2.24) is 5.32 Å². The van der Waals surface area contributed by atoms with Crippen LogP contribution in [0, 0.1) is 0 Å². The molecule has 0 aliphatic rings. The van der Waals surface area contributed by atoms with Gasteiger partial charge in [0.15, 0.2) is 0 Å². The number of ether oxygens (including phenoxy) is 1. The molecule has 0 aliphatic heterocycles. The normalized spacial score (nSPS) is 10.8. The van der Waals surface area contributed by atoms with E-state index in [0.29, 0.717) is 6.61 Å². The summed E-state index contributed by atoms with van der Waals surface area (Å²) in [6.45, 7) is 2.48. The van der Waals surface area contributed by atoms with Crippen LogP contribution in [-0.2, 0) is 24.4 Å². The van der Waals surface area contributed by atoms with Crippen molar-refractivity contribution < 1.29 is 4.74 Å². The third-order valence-electron chi connectivity index (χ3n) is 2.59. The van der Waals surface area contributed by atoms with E-state index in [1.165, 1.54) is 19.8 Å². The molecule has 4 heteroatoms. The summed E-state index contributed by atoms with van der Waals surface area (Å²) in [6, 6.07) is 12.7. The van der Waals surface area contributed by atoms with Crippen molar-refractivity contribution in [3.8, 4) is 0 Å². The van der Waals surface area contributed by atoms with Crippen molar-refractivity contribution in [1.29, 1.82) is 0 Å². The summed E-state index contributed by atoms with van der Waals surface area (Å²) >= 11 is 5.24. The highest BCUT2D eigenvalue weighted by Gasteiger charge is 1.98. The summed E-state index contributed by atoms with van der Waals surface area (Å²) in [6.07, 6.45) is 0. The molecule has 0 fully saturated rings. The van der Waals surface area contributed by atoms with E-state index in [0.717, 1.165) is 13.1 Å². The lowest BCUT2D eigenvalue weighted by Gasteiger charge is -2.05. The van der Waals surface area contributed by atoms with Gasteiger partial charge in [0.1, 0.15) is 0 Å². The Morgan fingerprint density at radius 3 is 2.39 bits per heavy atom. The lowest BCUT2D eigenvalue weighted by atomic mass is 10.1. The van der Waals surface area contributed by atoms with Crippen molar-refractivity contribution in [3.63, 3.8) is 0 Å². The van der Waals surface area contributed by atoms with E-state index in [1.54, 1.807) is 18.4 Å². The van der Waals surface area contributed by atoms with Crippen LogP contribution in [-0.4, -0.2) is 7.11 Å². The summed E-state index contributed by atoms with van der Waals surface area (Å²) in [5, 5.41) is 3.44. The van der Waals surface area contributed by atoms with Gasteiger partial charge in [-0.25, -0.2) is 0 Å². The first-order valence-electron chi connectivity index (χ1n) is 5.79. The molecule has 2 aromatic rings. The quantitative estimate of drug-likeness (QED) is 0.868. The standard InChI is InChI=1S/C14H16BrNOS/c1-17-10-12-4-2-11(3-5-12)8-16-9-13-6-7-14(15)18-13/h2-7,16H,8-10H2,1H3.